The quantitative estimate of drug-likeness (QED) is 0.742. The van der Waals surface area contributed by atoms with Gasteiger partial charge in [0.15, 0.2) is 0 Å². The van der Waals surface area contributed by atoms with E-state index in [1.165, 1.54) is 11.8 Å². The molecule has 0 aliphatic rings. The molecule has 0 unspecified atom stereocenters. The van der Waals surface area contributed by atoms with Gasteiger partial charge in [-0.2, -0.15) is 0 Å². The third kappa shape index (κ3) is 5.42. The fourth-order valence-corrected chi connectivity index (χ4v) is 2.62. The van der Waals surface area contributed by atoms with E-state index in [0.29, 0.717) is 12.4 Å². The van der Waals surface area contributed by atoms with Gasteiger partial charge in [0.25, 0.3) is 0 Å². The first-order valence-electron chi connectivity index (χ1n) is 5.83. The predicted octanol–water partition coefficient (Wildman–Crippen LogP) is 2.75. The molecule has 0 aliphatic heterocycles. The second-order valence-corrected chi connectivity index (χ2v) is 7.23. The largest absolute Gasteiger partial charge is 0.493 e. The number of carboxylic acid groups (broad SMARTS) is 1. The number of thioether (sulfide) groups is 1. The van der Waals surface area contributed by atoms with E-state index in [0.717, 1.165) is 10.2 Å². The molecule has 0 amide bonds. The molecule has 0 saturated carbocycles. The average Bonchev–Trinajstić information content (AvgIpc) is 2.35. The molecule has 0 aromatic heterocycles. The van der Waals surface area contributed by atoms with Crippen molar-refractivity contribution in [3.63, 3.8) is 0 Å². The summed E-state index contributed by atoms with van der Waals surface area (Å²) in [5.74, 6) is 0.500. The van der Waals surface area contributed by atoms with E-state index in [4.69, 9.17) is 15.6 Å². The number of hydrogen-bond acceptors (Lipinski definition) is 4. The third-order valence-electron chi connectivity index (χ3n) is 2.65. The van der Waals surface area contributed by atoms with Crippen molar-refractivity contribution in [1.82, 2.24) is 0 Å². The van der Waals surface area contributed by atoms with E-state index in [9.17, 15) is 4.79 Å². The summed E-state index contributed by atoms with van der Waals surface area (Å²) in [6, 6.07) is 6.69. The Bertz CT molecular complexity index is 422. The standard InChI is InChI=1S/C13H18BrNO3S/c1-13(2,11(15)12(16)17)19-8-7-18-10-5-3-9(14)4-6-10/h3-6,11H,7-8,15H2,1-2H3,(H,16,17)/t11-/m1/s1. The topological polar surface area (TPSA) is 72.5 Å². The third-order valence-corrected chi connectivity index (χ3v) is 4.55. The van der Waals surface area contributed by atoms with Crippen LogP contribution in [0.25, 0.3) is 0 Å². The van der Waals surface area contributed by atoms with E-state index in [-0.39, 0.29) is 0 Å². The van der Waals surface area contributed by atoms with Crippen LogP contribution in [0.15, 0.2) is 28.7 Å². The molecule has 1 aromatic carbocycles. The van der Waals surface area contributed by atoms with Gasteiger partial charge in [-0.15, -0.1) is 11.8 Å². The number of aliphatic carboxylic acids is 1. The Morgan fingerprint density at radius 3 is 2.58 bits per heavy atom. The van der Waals surface area contributed by atoms with Crippen LogP contribution < -0.4 is 10.5 Å². The molecule has 0 saturated heterocycles. The zero-order valence-corrected chi connectivity index (χ0v) is 13.3. The van der Waals surface area contributed by atoms with Crippen molar-refractivity contribution in [2.75, 3.05) is 12.4 Å². The van der Waals surface area contributed by atoms with Crippen LogP contribution in [-0.2, 0) is 4.79 Å². The Hall–Kier alpha value is -0.720. The fourth-order valence-electron chi connectivity index (χ4n) is 1.38. The first-order valence-corrected chi connectivity index (χ1v) is 7.61. The minimum absolute atomic E-state index is 0.516. The summed E-state index contributed by atoms with van der Waals surface area (Å²) < 4.78 is 6.05. The van der Waals surface area contributed by atoms with Gasteiger partial charge in [0.1, 0.15) is 11.8 Å². The molecule has 19 heavy (non-hydrogen) atoms. The summed E-state index contributed by atoms with van der Waals surface area (Å²) in [7, 11) is 0. The zero-order valence-electron chi connectivity index (χ0n) is 10.9. The van der Waals surface area contributed by atoms with Crippen molar-refractivity contribution in [1.29, 1.82) is 0 Å². The first kappa shape index (κ1) is 16.3. The number of benzene rings is 1. The van der Waals surface area contributed by atoms with E-state index >= 15 is 0 Å². The Morgan fingerprint density at radius 2 is 2.05 bits per heavy atom. The van der Waals surface area contributed by atoms with Crippen molar-refractivity contribution in [2.24, 2.45) is 5.73 Å². The second kappa shape index (κ2) is 7.17. The van der Waals surface area contributed by atoms with Gasteiger partial charge in [0.05, 0.1) is 6.61 Å². The molecule has 0 heterocycles. The SMILES string of the molecule is CC(C)(SCCOc1ccc(Br)cc1)[C@H](N)C(=O)O. The molecule has 4 nitrogen and oxygen atoms in total. The minimum atomic E-state index is -0.980. The van der Waals surface area contributed by atoms with Crippen molar-refractivity contribution in [3.8, 4) is 5.75 Å². The van der Waals surface area contributed by atoms with E-state index in [1.54, 1.807) is 0 Å². The van der Waals surface area contributed by atoms with Crippen LogP contribution in [0.4, 0.5) is 0 Å². The molecular formula is C13H18BrNO3S. The summed E-state index contributed by atoms with van der Waals surface area (Å²) in [6.07, 6.45) is 0. The second-order valence-electron chi connectivity index (χ2n) is 4.57. The maximum atomic E-state index is 10.9. The van der Waals surface area contributed by atoms with Gasteiger partial charge in [-0.25, -0.2) is 0 Å². The molecule has 0 fully saturated rings. The van der Waals surface area contributed by atoms with Gasteiger partial charge >= 0.3 is 5.97 Å². The summed E-state index contributed by atoms with van der Waals surface area (Å²) >= 11 is 4.85. The number of rotatable bonds is 7. The van der Waals surface area contributed by atoms with Crippen LogP contribution in [0.3, 0.4) is 0 Å². The molecule has 6 heteroatoms. The van der Waals surface area contributed by atoms with Crippen molar-refractivity contribution in [3.05, 3.63) is 28.7 Å². The number of nitrogens with two attached hydrogens (primary N) is 1. The number of carboxylic acids is 1. The fraction of sp³-hybridized carbons (Fsp3) is 0.462. The van der Waals surface area contributed by atoms with Crippen LogP contribution in [-0.4, -0.2) is 34.2 Å². The molecule has 106 valence electrons. The normalized spacial score (nSPS) is 13.1. The number of ether oxygens (including phenoxy) is 1. The van der Waals surface area contributed by atoms with Gasteiger partial charge in [0.2, 0.25) is 0 Å². The van der Waals surface area contributed by atoms with Gasteiger partial charge in [-0.3, -0.25) is 4.79 Å². The Balaban J connectivity index is 2.34. The Labute approximate surface area is 125 Å². The maximum Gasteiger partial charge on any atom is 0.321 e. The van der Waals surface area contributed by atoms with Crippen LogP contribution in [0.2, 0.25) is 0 Å². The lowest BCUT2D eigenvalue weighted by molar-refractivity contribution is -0.139. The Morgan fingerprint density at radius 1 is 1.47 bits per heavy atom. The van der Waals surface area contributed by atoms with E-state index in [1.807, 2.05) is 38.1 Å². The highest BCUT2D eigenvalue weighted by Gasteiger charge is 2.32. The van der Waals surface area contributed by atoms with Gasteiger partial charge in [0, 0.05) is 15.0 Å². The minimum Gasteiger partial charge on any atom is -0.493 e. The van der Waals surface area contributed by atoms with Crippen molar-refractivity contribution < 1.29 is 14.6 Å². The summed E-state index contributed by atoms with van der Waals surface area (Å²) in [5.41, 5.74) is 5.64. The average molecular weight is 348 g/mol. The molecule has 1 atom stereocenters. The first-order chi connectivity index (χ1) is 8.83. The molecule has 0 bridgehead atoms. The predicted molar refractivity (Wildman–Crippen MR) is 81.8 cm³/mol. The highest BCUT2D eigenvalue weighted by atomic mass is 79.9. The summed E-state index contributed by atoms with van der Waals surface area (Å²) in [5, 5.41) is 8.90. The number of carbonyl (C=O) groups is 1. The molecular weight excluding hydrogens is 330 g/mol. The number of halogens is 1. The number of hydrogen-bond donors (Lipinski definition) is 2. The highest BCUT2D eigenvalue weighted by Crippen LogP contribution is 2.27. The van der Waals surface area contributed by atoms with E-state index < -0.39 is 16.8 Å². The lowest BCUT2D eigenvalue weighted by atomic mass is 10.1. The van der Waals surface area contributed by atoms with Gasteiger partial charge in [-0.05, 0) is 38.1 Å². The van der Waals surface area contributed by atoms with E-state index in [2.05, 4.69) is 15.9 Å². The van der Waals surface area contributed by atoms with Crippen LogP contribution in [0.5, 0.6) is 5.75 Å². The molecule has 3 N–H and O–H groups in total. The molecule has 0 spiro atoms. The molecule has 0 radical (unpaired) electrons. The maximum absolute atomic E-state index is 10.9. The van der Waals surface area contributed by atoms with Crippen LogP contribution in [0.1, 0.15) is 13.8 Å². The summed E-state index contributed by atoms with van der Waals surface area (Å²) in [4.78, 5) is 10.9. The molecule has 1 rings (SSSR count). The monoisotopic (exact) mass is 347 g/mol. The van der Waals surface area contributed by atoms with Gasteiger partial charge in [-0.1, -0.05) is 15.9 Å². The molecule has 0 aliphatic carbocycles. The van der Waals surface area contributed by atoms with Crippen molar-refractivity contribution in [2.45, 2.75) is 24.6 Å². The molecule has 1 aromatic rings. The highest BCUT2D eigenvalue weighted by molar-refractivity contribution is 9.10. The lowest BCUT2D eigenvalue weighted by Crippen LogP contribution is -2.47. The van der Waals surface area contributed by atoms with Crippen molar-refractivity contribution >= 4 is 33.7 Å². The smallest absolute Gasteiger partial charge is 0.321 e. The van der Waals surface area contributed by atoms with Crippen LogP contribution in [0, 0.1) is 0 Å². The summed E-state index contributed by atoms with van der Waals surface area (Å²) in [6.45, 7) is 4.17. The van der Waals surface area contributed by atoms with Crippen LogP contribution >= 0.6 is 27.7 Å². The zero-order chi connectivity index (χ0) is 14.5. The van der Waals surface area contributed by atoms with Gasteiger partial charge < -0.3 is 15.6 Å². The Kier molecular flexibility index (Phi) is 6.16. The lowest BCUT2D eigenvalue weighted by Gasteiger charge is -2.27.